The molecule has 1 aliphatic carbocycles. The summed E-state index contributed by atoms with van der Waals surface area (Å²) in [6.07, 6.45) is 8.71. The molecule has 1 saturated carbocycles. The second-order valence-electron chi connectivity index (χ2n) is 3.97. The molecule has 76 valence electrons. The van der Waals surface area contributed by atoms with Crippen LogP contribution in [0.1, 0.15) is 39.0 Å². The van der Waals surface area contributed by atoms with Crippen LogP contribution in [0.15, 0.2) is 4.99 Å². The van der Waals surface area contributed by atoms with Gasteiger partial charge in [0.2, 0.25) is 6.08 Å². The normalized spacial score (nSPS) is 19.2. The van der Waals surface area contributed by atoms with Crippen LogP contribution in [0.25, 0.3) is 0 Å². The predicted octanol–water partition coefficient (Wildman–Crippen LogP) is 1.35. The van der Waals surface area contributed by atoms with Crippen molar-refractivity contribution in [2.75, 3.05) is 6.67 Å². The second kappa shape index (κ2) is 4.85. The molecule has 0 radical (unpaired) electrons. The monoisotopic (exact) mass is 195 g/mol. The molecular formula is C10H15N2O2+. The summed E-state index contributed by atoms with van der Waals surface area (Å²) >= 11 is 0. The molecule has 0 aromatic rings. The van der Waals surface area contributed by atoms with Crippen LogP contribution in [0.3, 0.4) is 0 Å². The molecule has 4 heteroatoms. The van der Waals surface area contributed by atoms with Crippen LogP contribution in [0, 0.1) is 0 Å². The van der Waals surface area contributed by atoms with Crippen molar-refractivity contribution >= 4 is 12.2 Å². The number of nitrogens with zero attached hydrogens (tertiary/aromatic N) is 2. The van der Waals surface area contributed by atoms with Gasteiger partial charge in [0, 0.05) is 19.8 Å². The van der Waals surface area contributed by atoms with Crippen molar-refractivity contribution in [2.24, 2.45) is 4.99 Å². The van der Waals surface area contributed by atoms with Crippen molar-refractivity contribution in [1.82, 2.24) is 0 Å². The van der Waals surface area contributed by atoms with Gasteiger partial charge in [0.25, 0.3) is 6.67 Å². The van der Waals surface area contributed by atoms with Gasteiger partial charge in [-0.2, -0.15) is 4.79 Å². The third-order valence-electron chi connectivity index (χ3n) is 2.97. The maximum absolute atomic E-state index is 10.7. The summed E-state index contributed by atoms with van der Waals surface area (Å²) in [6, 6.07) is 0. The first kappa shape index (κ1) is 10.8. The van der Waals surface area contributed by atoms with Crippen LogP contribution >= 0.6 is 0 Å². The molecule has 1 fully saturated rings. The van der Waals surface area contributed by atoms with E-state index in [4.69, 9.17) is 0 Å². The average Bonchev–Trinajstić information content (AvgIpc) is 2.20. The minimum atomic E-state index is -0.166. The molecule has 0 heterocycles. The van der Waals surface area contributed by atoms with Gasteiger partial charge in [0.05, 0.1) is 0 Å². The molecule has 0 unspecified atom stereocenters. The highest BCUT2D eigenvalue weighted by atomic mass is 16.1. The first-order valence-corrected chi connectivity index (χ1v) is 4.92. The van der Waals surface area contributed by atoms with E-state index in [0.717, 1.165) is 25.7 Å². The van der Waals surface area contributed by atoms with E-state index in [1.165, 1.54) is 17.1 Å². The average molecular weight is 195 g/mol. The van der Waals surface area contributed by atoms with E-state index in [0.29, 0.717) is 0 Å². The quantitative estimate of drug-likeness (QED) is 0.388. The fraction of sp³-hybridized carbons (Fsp3) is 0.800. The highest BCUT2D eigenvalue weighted by Gasteiger charge is 2.38. The Labute approximate surface area is 83.3 Å². The topological polar surface area (TPSA) is 49.5 Å². The fourth-order valence-corrected chi connectivity index (χ4v) is 1.99. The zero-order chi connectivity index (χ0) is 10.4. The zero-order valence-corrected chi connectivity index (χ0v) is 8.45. The summed E-state index contributed by atoms with van der Waals surface area (Å²) in [4.78, 5) is 24.1. The van der Waals surface area contributed by atoms with Gasteiger partial charge in [-0.25, -0.2) is 4.79 Å². The maximum atomic E-state index is 10.7. The van der Waals surface area contributed by atoms with Crippen molar-refractivity contribution < 1.29 is 14.2 Å². The van der Waals surface area contributed by atoms with Crippen molar-refractivity contribution in [3.05, 3.63) is 0 Å². The van der Waals surface area contributed by atoms with Gasteiger partial charge in [0.15, 0.2) is 5.54 Å². The van der Waals surface area contributed by atoms with E-state index in [1.807, 2.05) is 13.0 Å². The molecule has 1 rings (SSSR count). The fourth-order valence-electron chi connectivity index (χ4n) is 1.99. The van der Waals surface area contributed by atoms with Crippen molar-refractivity contribution in [1.29, 1.82) is 0 Å². The van der Waals surface area contributed by atoms with Crippen LogP contribution in [0.2, 0.25) is 0 Å². The SMILES string of the molecule is CC1([N+](=C=O)CN=C=O)CCCCC1. The summed E-state index contributed by atoms with van der Waals surface area (Å²) in [5, 5.41) is 0. The van der Waals surface area contributed by atoms with E-state index in [9.17, 15) is 9.59 Å². The van der Waals surface area contributed by atoms with Gasteiger partial charge in [-0.15, -0.1) is 9.57 Å². The Kier molecular flexibility index (Phi) is 3.75. The molecule has 0 saturated heterocycles. The van der Waals surface area contributed by atoms with Crippen LogP contribution in [-0.2, 0) is 9.59 Å². The molecule has 1 aliphatic rings. The van der Waals surface area contributed by atoms with Crippen molar-refractivity contribution in [3.63, 3.8) is 0 Å². The molecule has 0 atom stereocenters. The van der Waals surface area contributed by atoms with E-state index in [-0.39, 0.29) is 12.2 Å². The van der Waals surface area contributed by atoms with E-state index in [2.05, 4.69) is 4.99 Å². The van der Waals surface area contributed by atoms with Crippen molar-refractivity contribution in [3.8, 4) is 0 Å². The van der Waals surface area contributed by atoms with Gasteiger partial charge in [-0.05, 0) is 12.8 Å². The summed E-state index contributed by atoms with van der Waals surface area (Å²) in [5.74, 6) is 0. The largest absolute Gasteiger partial charge is 0.426 e. The van der Waals surface area contributed by atoms with Crippen LogP contribution in [0.5, 0.6) is 0 Å². The molecular weight excluding hydrogens is 180 g/mol. The lowest BCUT2D eigenvalue weighted by atomic mass is 9.83. The van der Waals surface area contributed by atoms with Gasteiger partial charge >= 0.3 is 6.08 Å². The first-order chi connectivity index (χ1) is 6.73. The molecule has 0 aromatic heterocycles. The molecule has 0 amide bonds. The Morgan fingerprint density at radius 3 is 2.43 bits per heavy atom. The third kappa shape index (κ3) is 2.38. The van der Waals surface area contributed by atoms with E-state index in [1.54, 1.807) is 0 Å². The van der Waals surface area contributed by atoms with Crippen molar-refractivity contribution in [2.45, 2.75) is 44.6 Å². The molecule has 4 nitrogen and oxygen atoms in total. The summed E-state index contributed by atoms with van der Waals surface area (Å²) in [6.45, 7) is 2.11. The first-order valence-electron chi connectivity index (χ1n) is 4.92. The van der Waals surface area contributed by atoms with Gasteiger partial charge < -0.3 is 0 Å². The minimum Gasteiger partial charge on any atom is -0.211 e. The standard InChI is InChI=1S/C10H15N2O2/c1-10(5-3-2-4-6-10)12(9-14)7-11-8-13/h2-7H2,1H3/q+1. The van der Waals surface area contributed by atoms with E-state index < -0.39 is 0 Å². The molecule has 0 bridgehead atoms. The zero-order valence-electron chi connectivity index (χ0n) is 8.45. The lowest BCUT2D eigenvalue weighted by molar-refractivity contribution is -0.605. The Morgan fingerprint density at radius 1 is 1.29 bits per heavy atom. The van der Waals surface area contributed by atoms with Crippen LogP contribution in [0.4, 0.5) is 0 Å². The lowest BCUT2D eigenvalue weighted by Crippen LogP contribution is -2.41. The van der Waals surface area contributed by atoms with Gasteiger partial charge in [-0.1, -0.05) is 6.42 Å². The summed E-state index contributed by atoms with van der Waals surface area (Å²) in [7, 11) is 0. The lowest BCUT2D eigenvalue weighted by Gasteiger charge is -2.27. The summed E-state index contributed by atoms with van der Waals surface area (Å²) < 4.78 is 1.48. The Balaban J connectivity index is 2.76. The number of isocyanates is 2. The molecule has 0 aromatic carbocycles. The molecule has 0 N–H and O–H groups in total. The van der Waals surface area contributed by atoms with E-state index >= 15 is 0 Å². The molecule has 0 aliphatic heterocycles. The van der Waals surface area contributed by atoms with Crippen LogP contribution < -0.4 is 0 Å². The Hall–Kier alpha value is -1.24. The molecule has 0 spiro atoms. The van der Waals surface area contributed by atoms with Crippen LogP contribution in [-0.4, -0.2) is 28.9 Å². The van der Waals surface area contributed by atoms with Gasteiger partial charge in [0.1, 0.15) is 0 Å². The maximum Gasteiger partial charge on any atom is 0.426 e. The number of hydrogen-bond acceptors (Lipinski definition) is 3. The number of hydrogen-bond donors (Lipinski definition) is 0. The Bertz CT molecular complexity index is 293. The Morgan fingerprint density at radius 2 is 1.93 bits per heavy atom. The van der Waals surface area contributed by atoms with Gasteiger partial charge in [-0.3, -0.25) is 0 Å². The second-order valence-corrected chi connectivity index (χ2v) is 3.97. The highest BCUT2D eigenvalue weighted by molar-refractivity contribution is 5.32. The molecule has 14 heavy (non-hydrogen) atoms. The number of carbonyl (C=O) groups excluding carboxylic acids is 2. The third-order valence-corrected chi connectivity index (χ3v) is 2.97. The smallest absolute Gasteiger partial charge is 0.211 e. The summed E-state index contributed by atoms with van der Waals surface area (Å²) in [5.41, 5.74) is -0.166. The predicted molar refractivity (Wildman–Crippen MR) is 50.4 cm³/mol. The number of rotatable bonds is 3. The highest BCUT2D eigenvalue weighted by Crippen LogP contribution is 2.30. The number of aliphatic imine (C=N–C) groups is 1. The minimum absolute atomic E-state index is 0.0868.